The SMILES string of the molecule is CC(C)OC1CNC(C(=O)OCc2ccccc2)C1. The molecule has 1 saturated heterocycles. The van der Waals surface area contributed by atoms with E-state index in [2.05, 4.69) is 5.32 Å². The summed E-state index contributed by atoms with van der Waals surface area (Å²) in [6.07, 6.45) is 0.978. The van der Waals surface area contributed by atoms with Gasteiger partial charge in [-0.25, -0.2) is 0 Å². The molecule has 2 unspecified atom stereocenters. The maximum Gasteiger partial charge on any atom is 0.323 e. The molecule has 1 aromatic carbocycles. The van der Waals surface area contributed by atoms with E-state index in [4.69, 9.17) is 9.47 Å². The number of rotatable bonds is 5. The highest BCUT2D eigenvalue weighted by Crippen LogP contribution is 2.14. The van der Waals surface area contributed by atoms with Gasteiger partial charge in [-0.2, -0.15) is 0 Å². The normalized spacial score (nSPS) is 22.7. The monoisotopic (exact) mass is 263 g/mol. The molecule has 1 heterocycles. The summed E-state index contributed by atoms with van der Waals surface area (Å²) in [5.74, 6) is -0.196. The first-order valence-corrected chi connectivity index (χ1v) is 6.74. The third-order valence-electron chi connectivity index (χ3n) is 3.06. The lowest BCUT2D eigenvalue weighted by atomic mass is 10.2. The average molecular weight is 263 g/mol. The summed E-state index contributed by atoms with van der Waals surface area (Å²) in [5.41, 5.74) is 1.00. The van der Waals surface area contributed by atoms with Crippen molar-refractivity contribution >= 4 is 5.97 Å². The minimum Gasteiger partial charge on any atom is -0.460 e. The van der Waals surface area contributed by atoms with Crippen molar-refractivity contribution in [3.05, 3.63) is 35.9 Å². The van der Waals surface area contributed by atoms with Gasteiger partial charge in [0, 0.05) is 13.0 Å². The molecule has 0 spiro atoms. The van der Waals surface area contributed by atoms with Crippen LogP contribution in [0.25, 0.3) is 0 Å². The molecule has 2 rings (SSSR count). The molecule has 0 bridgehead atoms. The Bertz CT molecular complexity index is 405. The Morgan fingerprint density at radius 3 is 2.79 bits per heavy atom. The first-order chi connectivity index (χ1) is 9.15. The summed E-state index contributed by atoms with van der Waals surface area (Å²) in [4.78, 5) is 11.9. The molecule has 0 radical (unpaired) electrons. The maximum absolute atomic E-state index is 11.9. The van der Waals surface area contributed by atoms with Crippen LogP contribution in [0.4, 0.5) is 0 Å². The van der Waals surface area contributed by atoms with Gasteiger partial charge in [-0.3, -0.25) is 4.79 Å². The zero-order chi connectivity index (χ0) is 13.7. The van der Waals surface area contributed by atoms with Crippen LogP contribution in [0, 0.1) is 0 Å². The van der Waals surface area contributed by atoms with E-state index in [-0.39, 0.29) is 24.2 Å². The van der Waals surface area contributed by atoms with Gasteiger partial charge < -0.3 is 14.8 Å². The van der Waals surface area contributed by atoms with E-state index < -0.39 is 0 Å². The molecule has 19 heavy (non-hydrogen) atoms. The topological polar surface area (TPSA) is 47.6 Å². The Kier molecular flexibility index (Phi) is 4.93. The number of benzene rings is 1. The van der Waals surface area contributed by atoms with Gasteiger partial charge in [-0.1, -0.05) is 30.3 Å². The van der Waals surface area contributed by atoms with Crippen LogP contribution in [0.2, 0.25) is 0 Å². The van der Waals surface area contributed by atoms with Crippen molar-refractivity contribution in [3.8, 4) is 0 Å². The fourth-order valence-electron chi connectivity index (χ4n) is 2.20. The van der Waals surface area contributed by atoms with Gasteiger partial charge in [0.05, 0.1) is 12.2 Å². The molecule has 0 aromatic heterocycles. The van der Waals surface area contributed by atoms with Gasteiger partial charge in [0.1, 0.15) is 12.6 Å². The average Bonchev–Trinajstić information content (AvgIpc) is 2.85. The second-order valence-corrected chi connectivity index (χ2v) is 5.10. The Morgan fingerprint density at radius 1 is 1.37 bits per heavy atom. The lowest BCUT2D eigenvalue weighted by Gasteiger charge is -2.14. The number of hydrogen-bond donors (Lipinski definition) is 1. The number of esters is 1. The molecular formula is C15H21NO3. The molecule has 1 aromatic rings. The zero-order valence-corrected chi connectivity index (χ0v) is 11.5. The third-order valence-corrected chi connectivity index (χ3v) is 3.06. The predicted molar refractivity (Wildman–Crippen MR) is 72.7 cm³/mol. The fraction of sp³-hybridized carbons (Fsp3) is 0.533. The lowest BCUT2D eigenvalue weighted by Crippen LogP contribution is -2.32. The van der Waals surface area contributed by atoms with E-state index in [1.807, 2.05) is 44.2 Å². The van der Waals surface area contributed by atoms with Crippen molar-refractivity contribution in [2.45, 2.75) is 45.1 Å². The molecule has 4 nitrogen and oxygen atoms in total. The molecule has 1 fully saturated rings. The second kappa shape index (κ2) is 6.68. The van der Waals surface area contributed by atoms with E-state index in [9.17, 15) is 4.79 Å². The van der Waals surface area contributed by atoms with Crippen LogP contribution < -0.4 is 5.32 Å². The Balaban J connectivity index is 1.75. The van der Waals surface area contributed by atoms with Gasteiger partial charge in [-0.05, 0) is 19.4 Å². The Morgan fingerprint density at radius 2 is 2.11 bits per heavy atom. The largest absolute Gasteiger partial charge is 0.460 e. The molecule has 104 valence electrons. The molecule has 0 amide bonds. The van der Waals surface area contributed by atoms with E-state index in [1.54, 1.807) is 0 Å². The Labute approximate surface area is 114 Å². The van der Waals surface area contributed by atoms with Crippen molar-refractivity contribution in [1.29, 1.82) is 0 Å². The summed E-state index contributed by atoms with van der Waals surface area (Å²) in [6.45, 7) is 5.04. The number of hydrogen-bond acceptors (Lipinski definition) is 4. The van der Waals surface area contributed by atoms with Crippen molar-refractivity contribution in [2.24, 2.45) is 0 Å². The van der Waals surface area contributed by atoms with Crippen molar-refractivity contribution in [1.82, 2.24) is 5.32 Å². The first kappa shape index (κ1) is 14.0. The molecule has 0 saturated carbocycles. The lowest BCUT2D eigenvalue weighted by molar-refractivity contribution is -0.147. The van der Waals surface area contributed by atoms with Crippen LogP contribution in [0.5, 0.6) is 0 Å². The number of carbonyl (C=O) groups is 1. The van der Waals surface area contributed by atoms with Crippen LogP contribution in [0.3, 0.4) is 0 Å². The Hall–Kier alpha value is -1.39. The third kappa shape index (κ3) is 4.33. The molecule has 1 aliphatic rings. The van der Waals surface area contributed by atoms with E-state index in [0.717, 1.165) is 5.56 Å². The fourth-order valence-corrected chi connectivity index (χ4v) is 2.20. The van der Waals surface area contributed by atoms with Gasteiger partial charge in [0.25, 0.3) is 0 Å². The predicted octanol–water partition coefficient (Wildman–Crippen LogP) is 1.89. The standard InChI is InChI=1S/C15H21NO3/c1-11(2)19-13-8-14(16-9-13)15(17)18-10-12-6-4-3-5-7-12/h3-7,11,13-14,16H,8-10H2,1-2H3. The second-order valence-electron chi connectivity index (χ2n) is 5.10. The van der Waals surface area contributed by atoms with Gasteiger partial charge in [0.15, 0.2) is 0 Å². The van der Waals surface area contributed by atoms with Crippen LogP contribution in [-0.2, 0) is 20.9 Å². The number of nitrogens with one attached hydrogen (secondary N) is 1. The van der Waals surface area contributed by atoms with E-state index in [0.29, 0.717) is 19.6 Å². The zero-order valence-electron chi connectivity index (χ0n) is 11.5. The molecule has 1 N–H and O–H groups in total. The molecule has 1 aliphatic heterocycles. The summed E-state index contributed by atoms with van der Waals surface area (Å²) < 4.78 is 11.0. The van der Waals surface area contributed by atoms with Crippen molar-refractivity contribution in [2.75, 3.05) is 6.54 Å². The van der Waals surface area contributed by atoms with Crippen LogP contribution in [0.1, 0.15) is 25.8 Å². The van der Waals surface area contributed by atoms with Crippen molar-refractivity contribution < 1.29 is 14.3 Å². The van der Waals surface area contributed by atoms with Crippen molar-refractivity contribution in [3.63, 3.8) is 0 Å². The van der Waals surface area contributed by atoms with Gasteiger partial charge in [-0.15, -0.1) is 0 Å². The summed E-state index contributed by atoms with van der Waals surface area (Å²) >= 11 is 0. The maximum atomic E-state index is 11.9. The molecule has 2 atom stereocenters. The smallest absolute Gasteiger partial charge is 0.323 e. The van der Waals surface area contributed by atoms with E-state index >= 15 is 0 Å². The number of ether oxygens (including phenoxy) is 2. The van der Waals surface area contributed by atoms with Crippen LogP contribution >= 0.6 is 0 Å². The summed E-state index contributed by atoms with van der Waals surface area (Å²) in [7, 11) is 0. The minimum atomic E-state index is -0.243. The van der Waals surface area contributed by atoms with Gasteiger partial charge in [0.2, 0.25) is 0 Å². The highest BCUT2D eigenvalue weighted by molar-refractivity contribution is 5.76. The molecule has 0 aliphatic carbocycles. The molecule has 4 heteroatoms. The minimum absolute atomic E-state index is 0.106. The van der Waals surface area contributed by atoms with Crippen LogP contribution in [-0.4, -0.2) is 30.8 Å². The van der Waals surface area contributed by atoms with Gasteiger partial charge >= 0.3 is 5.97 Å². The quantitative estimate of drug-likeness (QED) is 0.824. The highest BCUT2D eigenvalue weighted by Gasteiger charge is 2.31. The summed E-state index contributed by atoms with van der Waals surface area (Å²) in [5, 5.41) is 3.15. The number of carbonyl (C=O) groups excluding carboxylic acids is 1. The first-order valence-electron chi connectivity index (χ1n) is 6.74. The molecular weight excluding hydrogens is 242 g/mol. The van der Waals surface area contributed by atoms with Crippen LogP contribution in [0.15, 0.2) is 30.3 Å². The summed E-state index contributed by atoms with van der Waals surface area (Å²) in [6, 6.07) is 9.46. The van der Waals surface area contributed by atoms with E-state index in [1.165, 1.54) is 0 Å². The highest BCUT2D eigenvalue weighted by atomic mass is 16.5.